The molecule has 0 atom stereocenters. The van der Waals surface area contributed by atoms with Gasteiger partial charge in [0.25, 0.3) is 0 Å². The number of nitrogens with two attached hydrogens (primary N) is 2. The van der Waals surface area contributed by atoms with E-state index in [1.54, 1.807) is 0 Å². The van der Waals surface area contributed by atoms with E-state index in [0.717, 1.165) is 6.07 Å². The van der Waals surface area contributed by atoms with E-state index in [-0.39, 0.29) is 17.3 Å². The monoisotopic (exact) mass is 272 g/mol. The van der Waals surface area contributed by atoms with Gasteiger partial charge in [-0.25, -0.2) is 4.98 Å². The largest absolute Gasteiger partial charge is 0.419 e. The summed E-state index contributed by atoms with van der Waals surface area (Å²) in [6.45, 7) is 3.74. The van der Waals surface area contributed by atoms with Crippen LogP contribution >= 0.6 is 0 Å². The van der Waals surface area contributed by atoms with Gasteiger partial charge < -0.3 is 11.5 Å². The number of aliphatic imine (C=N–C) groups is 1. The minimum Gasteiger partial charge on any atom is -0.398 e. The number of anilines is 1. The van der Waals surface area contributed by atoms with Gasteiger partial charge in [0.15, 0.2) is 0 Å². The van der Waals surface area contributed by atoms with E-state index in [4.69, 9.17) is 11.5 Å². The van der Waals surface area contributed by atoms with Gasteiger partial charge in [-0.2, -0.15) is 13.2 Å². The molecule has 0 saturated heterocycles. The fourth-order valence-electron chi connectivity index (χ4n) is 1.25. The summed E-state index contributed by atoms with van der Waals surface area (Å²) in [5.74, 6) is -0.570. The van der Waals surface area contributed by atoms with Crippen LogP contribution in [0.3, 0.4) is 0 Å². The molecule has 0 saturated carbocycles. The molecule has 1 aromatic rings. The van der Waals surface area contributed by atoms with Gasteiger partial charge in [0.05, 0.1) is 5.56 Å². The number of halogens is 3. The Balaban J connectivity index is 3.09. The smallest absolute Gasteiger partial charge is 0.398 e. The first-order valence-electron chi connectivity index (χ1n) is 5.54. The number of nitrogen functional groups attached to an aromatic ring is 1. The summed E-state index contributed by atoms with van der Waals surface area (Å²) >= 11 is 0. The maximum absolute atomic E-state index is 12.6. The quantitative estimate of drug-likeness (QED) is 0.830. The molecule has 0 aliphatic rings. The average molecular weight is 272 g/mol. The number of pyridine rings is 1. The van der Waals surface area contributed by atoms with Crippen molar-refractivity contribution in [3.8, 4) is 0 Å². The third-order valence-electron chi connectivity index (χ3n) is 2.20. The lowest BCUT2D eigenvalue weighted by molar-refractivity contribution is -0.137. The highest BCUT2D eigenvalue weighted by Gasteiger charge is 2.34. The van der Waals surface area contributed by atoms with Crippen LogP contribution in [0.2, 0.25) is 0 Å². The molecule has 0 bridgehead atoms. The lowest BCUT2D eigenvalue weighted by atomic mass is 10.1. The second-order valence-corrected chi connectivity index (χ2v) is 4.17. The third-order valence-corrected chi connectivity index (χ3v) is 2.20. The van der Waals surface area contributed by atoms with Crippen molar-refractivity contribution < 1.29 is 13.2 Å². The van der Waals surface area contributed by atoms with Crippen molar-refractivity contribution in [1.82, 2.24) is 4.98 Å². The van der Waals surface area contributed by atoms with Crippen LogP contribution in [0.15, 0.2) is 23.3 Å². The van der Waals surface area contributed by atoms with Crippen LogP contribution in [0.4, 0.5) is 19.0 Å². The van der Waals surface area contributed by atoms with Gasteiger partial charge in [-0.15, -0.1) is 0 Å². The normalized spacial score (nSPS) is 13.5. The molecule has 0 radical (unpaired) electrons. The fraction of sp³-hybridized carbons (Fsp3) is 0.333. The van der Waals surface area contributed by atoms with Crippen molar-refractivity contribution >= 4 is 17.7 Å². The minimum absolute atomic E-state index is 0.0827. The molecular formula is C12H15F3N4. The average Bonchev–Trinajstić information content (AvgIpc) is 2.27. The number of aromatic nitrogens is 1. The molecule has 4 nitrogen and oxygen atoms in total. The van der Waals surface area contributed by atoms with Gasteiger partial charge in [0.1, 0.15) is 5.82 Å². The van der Waals surface area contributed by atoms with Crippen molar-refractivity contribution in [2.45, 2.75) is 26.1 Å². The zero-order valence-electron chi connectivity index (χ0n) is 10.6. The number of hydrogen-bond donors (Lipinski definition) is 2. The summed E-state index contributed by atoms with van der Waals surface area (Å²) in [4.78, 5) is 7.53. The third kappa shape index (κ3) is 4.27. The van der Waals surface area contributed by atoms with Crippen molar-refractivity contribution in [2.75, 3.05) is 5.73 Å². The van der Waals surface area contributed by atoms with E-state index in [1.165, 1.54) is 18.5 Å². The molecule has 0 spiro atoms. The molecule has 19 heavy (non-hydrogen) atoms. The molecular weight excluding hydrogens is 257 g/mol. The van der Waals surface area contributed by atoms with E-state index in [1.807, 2.05) is 13.8 Å². The number of allylic oxidation sites excluding steroid dienone is 1. The van der Waals surface area contributed by atoms with E-state index in [0.29, 0.717) is 0 Å². The zero-order valence-corrected chi connectivity index (χ0v) is 10.6. The molecule has 0 aliphatic heterocycles. The Bertz CT molecular complexity index is 504. The lowest BCUT2D eigenvalue weighted by Crippen LogP contribution is -2.12. The van der Waals surface area contributed by atoms with Crippen molar-refractivity contribution in [2.24, 2.45) is 10.7 Å². The van der Waals surface area contributed by atoms with Crippen LogP contribution in [-0.4, -0.2) is 17.2 Å². The van der Waals surface area contributed by atoms with Crippen molar-refractivity contribution in [3.05, 3.63) is 29.5 Å². The maximum atomic E-state index is 12.6. The number of nitrogens with zero attached hydrogens (tertiary/aromatic N) is 2. The molecule has 7 heteroatoms. The van der Waals surface area contributed by atoms with Gasteiger partial charge in [0, 0.05) is 29.7 Å². The van der Waals surface area contributed by atoms with Crippen molar-refractivity contribution in [3.63, 3.8) is 0 Å². The van der Waals surface area contributed by atoms with Crippen LogP contribution in [0.5, 0.6) is 0 Å². The fourth-order valence-corrected chi connectivity index (χ4v) is 1.25. The van der Waals surface area contributed by atoms with Crippen LogP contribution in [0.25, 0.3) is 5.70 Å². The highest BCUT2D eigenvalue weighted by Crippen LogP contribution is 2.33. The van der Waals surface area contributed by atoms with Gasteiger partial charge in [0.2, 0.25) is 0 Å². The van der Waals surface area contributed by atoms with Crippen LogP contribution in [0, 0.1) is 0 Å². The van der Waals surface area contributed by atoms with Gasteiger partial charge in [-0.3, -0.25) is 4.99 Å². The number of hydrogen-bond acceptors (Lipinski definition) is 4. The van der Waals surface area contributed by atoms with Crippen molar-refractivity contribution in [1.29, 1.82) is 0 Å². The molecule has 104 valence electrons. The summed E-state index contributed by atoms with van der Waals surface area (Å²) in [5.41, 5.74) is 10.2. The molecule has 0 aromatic carbocycles. The molecule has 1 rings (SSSR count). The summed E-state index contributed by atoms with van der Waals surface area (Å²) < 4.78 is 37.9. The standard InChI is InChI=1S/C12H15F3N4/c1-7(2)18-4-3-10(16)8-5-9(12(13,14)15)11(17)19-6-8/h3-7H,16H2,1-2H3,(H2,17,19). The summed E-state index contributed by atoms with van der Waals surface area (Å²) in [5, 5.41) is 0. The SMILES string of the molecule is CC(C)N=CC=C(N)c1cnc(N)c(C(F)(F)F)c1. The predicted octanol–water partition coefficient (Wildman–Crippen LogP) is 2.46. The molecule has 0 amide bonds. The molecule has 1 heterocycles. The Morgan fingerprint density at radius 1 is 1.42 bits per heavy atom. The van der Waals surface area contributed by atoms with E-state index >= 15 is 0 Å². The highest BCUT2D eigenvalue weighted by atomic mass is 19.4. The topological polar surface area (TPSA) is 77.3 Å². The zero-order chi connectivity index (χ0) is 14.6. The second kappa shape index (κ2) is 5.73. The molecule has 4 N–H and O–H groups in total. The van der Waals surface area contributed by atoms with Crippen LogP contribution in [-0.2, 0) is 6.18 Å². The Morgan fingerprint density at radius 3 is 2.58 bits per heavy atom. The van der Waals surface area contributed by atoms with Crippen LogP contribution < -0.4 is 11.5 Å². The molecule has 0 unspecified atom stereocenters. The molecule has 1 aromatic heterocycles. The lowest BCUT2D eigenvalue weighted by Gasteiger charge is -2.10. The second-order valence-electron chi connectivity index (χ2n) is 4.17. The van der Waals surface area contributed by atoms with Crippen LogP contribution in [0.1, 0.15) is 25.0 Å². The first-order chi connectivity index (χ1) is 8.71. The predicted molar refractivity (Wildman–Crippen MR) is 69.4 cm³/mol. The Kier molecular flexibility index (Phi) is 4.52. The summed E-state index contributed by atoms with van der Waals surface area (Å²) in [7, 11) is 0. The Hall–Kier alpha value is -2.05. The first-order valence-corrected chi connectivity index (χ1v) is 5.54. The minimum atomic E-state index is -4.56. The molecule has 0 fully saturated rings. The number of rotatable bonds is 3. The van der Waals surface area contributed by atoms with E-state index in [2.05, 4.69) is 9.98 Å². The Labute approximate surface area is 109 Å². The van der Waals surface area contributed by atoms with E-state index in [9.17, 15) is 13.2 Å². The van der Waals surface area contributed by atoms with Gasteiger partial charge in [-0.05, 0) is 26.0 Å². The Morgan fingerprint density at radius 2 is 2.05 bits per heavy atom. The van der Waals surface area contributed by atoms with Gasteiger partial charge >= 0.3 is 6.18 Å². The summed E-state index contributed by atoms with van der Waals surface area (Å²) in [6, 6.07) is 0.955. The first kappa shape index (κ1) is 15.0. The maximum Gasteiger partial charge on any atom is 0.419 e. The molecule has 0 aliphatic carbocycles. The van der Waals surface area contributed by atoms with Gasteiger partial charge in [-0.1, -0.05) is 0 Å². The highest BCUT2D eigenvalue weighted by molar-refractivity contribution is 5.83. The van der Waals surface area contributed by atoms with E-state index < -0.39 is 17.6 Å². The summed E-state index contributed by atoms with van der Waals surface area (Å²) in [6.07, 6.45) is -0.490. The number of alkyl halides is 3.